The zero-order valence-electron chi connectivity index (χ0n) is 24.4. The molecular formula is C42H27NO2. The number of nitrogens with zero attached hydrogens (tertiary/aromatic N) is 1. The van der Waals surface area contributed by atoms with Gasteiger partial charge in [0.2, 0.25) is 0 Å². The van der Waals surface area contributed by atoms with Crippen LogP contribution >= 0.6 is 0 Å². The Kier molecular flexibility index (Phi) is 5.82. The number of benzene rings is 7. The van der Waals surface area contributed by atoms with Crippen LogP contribution in [-0.2, 0) is 0 Å². The number of para-hydroxylation sites is 2. The molecule has 0 fully saturated rings. The Hall–Kier alpha value is -6.06. The van der Waals surface area contributed by atoms with Crippen LogP contribution in [0.2, 0.25) is 0 Å². The van der Waals surface area contributed by atoms with E-state index < -0.39 is 0 Å². The minimum absolute atomic E-state index is 0.869. The predicted octanol–water partition coefficient (Wildman–Crippen LogP) is 12.3. The number of furan rings is 2. The first kappa shape index (κ1) is 25.4. The lowest BCUT2D eigenvalue weighted by Gasteiger charge is -2.27. The van der Waals surface area contributed by atoms with Gasteiger partial charge < -0.3 is 13.7 Å². The molecule has 7 aromatic carbocycles. The van der Waals surface area contributed by atoms with E-state index >= 15 is 0 Å². The minimum atomic E-state index is 0.869. The van der Waals surface area contributed by atoms with Crippen molar-refractivity contribution < 1.29 is 8.83 Å². The van der Waals surface area contributed by atoms with E-state index in [4.69, 9.17) is 8.83 Å². The van der Waals surface area contributed by atoms with Crippen molar-refractivity contribution in [1.82, 2.24) is 0 Å². The summed E-state index contributed by atoms with van der Waals surface area (Å²) in [6.07, 6.45) is 0. The summed E-state index contributed by atoms with van der Waals surface area (Å²) in [6, 6.07) is 57.3. The van der Waals surface area contributed by atoms with E-state index in [1.807, 2.05) is 24.3 Å². The third-order valence-corrected chi connectivity index (χ3v) is 8.67. The molecule has 3 heteroatoms. The van der Waals surface area contributed by atoms with Crippen molar-refractivity contribution in [1.29, 1.82) is 0 Å². The van der Waals surface area contributed by atoms with Crippen LogP contribution in [0.15, 0.2) is 173 Å². The van der Waals surface area contributed by atoms with Gasteiger partial charge in [0.1, 0.15) is 22.3 Å². The summed E-state index contributed by atoms with van der Waals surface area (Å²) in [6.45, 7) is 0. The second-order valence-corrected chi connectivity index (χ2v) is 11.4. The molecule has 0 bridgehead atoms. The van der Waals surface area contributed by atoms with Crippen molar-refractivity contribution >= 4 is 60.9 Å². The van der Waals surface area contributed by atoms with Crippen LogP contribution in [0.1, 0.15) is 0 Å². The Morgan fingerprint density at radius 1 is 0.333 bits per heavy atom. The van der Waals surface area contributed by atoms with Crippen molar-refractivity contribution in [3.05, 3.63) is 164 Å². The van der Waals surface area contributed by atoms with Crippen LogP contribution in [-0.4, -0.2) is 0 Å². The smallest absolute Gasteiger partial charge is 0.137 e. The fourth-order valence-corrected chi connectivity index (χ4v) is 6.53. The van der Waals surface area contributed by atoms with Crippen LogP contribution in [0.4, 0.5) is 17.1 Å². The van der Waals surface area contributed by atoms with Gasteiger partial charge in [0.15, 0.2) is 0 Å². The third kappa shape index (κ3) is 4.29. The maximum atomic E-state index is 6.31. The average molecular weight is 578 g/mol. The molecule has 0 unspecified atom stereocenters. The van der Waals surface area contributed by atoms with Gasteiger partial charge >= 0.3 is 0 Å². The molecule has 0 atom stereocenters. The number of fused-ring (bicyclic) bond motifs is 6. The normalized spacial score (nSPS) is 11.6. The van der Waals surface area contributed by atoms with Gasteiger partial charge in [0.05, 0.1) is 11.1 Å². The first-order valence-electron chi connectivity index (χ1n) is 15.2. The van der Waals surface area contributed by atoms with Gasteiger partial charge in [0.25, 0.3) is 0 Å². The molecule has 2 heterocycles. The van der Waals surface area contributed by atoms with Gasteiger partial charge in [-0.25, -0.2) is 0 Å². The summed E-state index contributed by atoms with van der Waals surface area (Å²) in [5, 5.41) is 4.47. The molecule has 45 heavy (non-hydrogen) atoms. The Bertz CT molecular complexity index is 2490. The van der Waals surface area contributed by atoms with Gasteiger partial charge in [-0.2, -0.15) is 0 Å². The Morgan fingerprint density at radius 2 is 0.911 bits per heavy atom. The topological polar surface area (TPSA) is 29.5 Å². The fourth-order valence-electron chi connectivity index (χ4n) is 6.53. The molecule has 0 aliphatic carbocycles. The molecule has 9 aromatic rings. The van der Waals surface area contributed by atoms with Crippen molar-refractivity contribution in [2.75, 3.05) is 4.90 Å². The second kappa shape index (κ2) is 10.3. The summed E-state index contributed by atoms with van der Waals surface area (Å²) in [4.78, 5) is 2.34. The fraction of sp³-hybridized carbons (Fsp3) is 0. The van der Waals surface area contributed by atoms with E-state index in [1.54, 1.807) is 0 Å². The molecular weight excluding hydrogens is 550 g/mol. The van der Waals surface area contributed by atoms with Crippen LogP contribution in [0.5, 0.6) is 0 Å². The molecule has 0 spiro atoms. The number of hydrogen-bond acceptors (Lipinski definition) is 3. The van der Waals surface area contributed by atoms with E-state index in [1.165, 1.54) is 5.56 Å². The van der Waals surface area contributed by atoms with E-state index in [0.717, 1.165) is 77.6 Å². The highest BCUT2D eigenvalue weighted by molar-refractivity contribution is 6.13. The van der Waals surface area contributed by atoms with Gasteiger partial charge in [-0.05, 0) is 82.9 Å². The molecule has 3 nitrogen and oxygen atoms in total. The van der Waals surface area contributed by atoms with E-state index in [9.17, 15) is 0 Å². The van der Waals surface area contributed by atoms with Crippen LogP contribution < -0.4 is 4.90 Å². The second-order valence-electron chi connectivity index (χ2n) is 11.4. The summed E-state index contributed by atoms with van der Waals surface area (Å²) in [5.41, 5.74) is 11.4. The van der Waals surface area contributed by atoms with Gasteiger partial charge in [-0.15, -0.1) is 0 Å². The highest BCUT2D eigenvalue weighted by Gasteiger charge is 2.20. The highest BCUT2D eigenvalue weighted by Crippen LogP contribution is 2.44. The molecule has 9 rings (SSSR count). The quantitative estimate of drug-likeness (QED) is 0.204. The Morgan fingerprint density at radius 3 is 1.76 bits per heavy atom. The lowest BCUT2D eigenvalue weighted by atomic mass is 10.0. The molecule has 2 aromatic heterocycles. The SMILES string of the molecule is c1ccc(-c2cccc(N(c3ccc(-c4ccc5c(c4)oc4ccccc45)cc3)c3cccc4oc5ccccc5c34)c2)cc1. The summed E-state index contributed by atoms with van der Waals surface area (Å²) < 4.78 is 12.5. The summed E-state index contributed by atoms with van der Waals surface area (Å²) in [5.74, 6) is 0. The van der Waals surface area contributed by atoms with Crippen LogP contribution in [0.25, 0.3) is 66.1 Å². The lowest BCUT2D eigenvalue weighted by Crippen LogP contribution is -2.10. The molecule has 0 amide bonds. The summed E-state index contributed by atoms with van der Waals surface area (Å²) >= 11 is 0. The standard InChI is InChI=1S/C42H27NO2/c1-2-10-28(11-3-1)30-12-8-13-33(26-30)43(37-16-9-19-40-42(37)36-15-5-7-18-39(36)44-40)32-23-20-29(21-24-32)31-22-25-35-34-14-4-6-17-38(34)45-41(35)27-31/h1-27H. The molecule has 0 saturated heterocycles. The van der Waals surface area contributed by atoms with Crippen molar-refractivity contribution in [3.63, 3.8) is 0 Å². The van der Waals surface area contributed by atoms with Crippen molar-refractivity contribution in [2.24, 2.45) is 0 Å². The lowest BCUT2D eigenvalue weighted by molar-refractivity contribution is 0.668. The van der Waals surface area contributed by atoms with E-state index in [2.05, 4.69) is 144 Å². The Labute approximate surface area is 260 Å². The first-order valence-corrected chi connectivity index (χ1v) is 15.2. The largest absolute Gasteiger partial charge is 0.456 e. The van der Waals surface area contributed by atoms with E-state index in [0.29, 0.717) is 0 Å². The number of anilines is 3. The maximum Gasteiger partial charge on any atom is 0.137 e. The van der Waals surface area contributed by atoms with Gasteiger partial charge in [0, 0.05) is 27.5 Å². The van der Waals surface area contributed by atoms with Crippen molar-refractivity contribution in [2.45, 2.75) is 0 Å². The van der Waals surface area contributed by atoms with E-state index in [-0.39, 0.29) is 0 Å². The van der Waals surface area contributed by atoms with Crippen molar-refractivity contribution in [3.8, 4) is 22.3 Å². The third-order valence-electron chi connectivity index (χ3n) is 8.67. The molecule has 0 aliphatic heterocycles. The average Bonchev–Trinajstić information content (AvgIpc) is 3.68. The van der Waals surface area contributed by atoms with Crippen LogP contribution in [0.3, 0.4) is 0 Å². The Balaban J connectivity index is 1.20. The first-order chi connectivity index (χ1) is 22.3. The molecule has 0 saturated carbocycles. The predicted molar refractivity (Wildman–Crippen MR) is 187 cm³/mol. The number of rotatable bonds is 5. The van der Waals surface area contributed by atoms with Crippen LogP contribution in [0, 0.1) is 0 Å². The molecule has 212 valence electrons. The minimum Gasteiger partial charge on any atom is -0.456 e. The molecule has 0 N–H and O–H groups in total. The maximum absolute atomic E-state index is 6.31. The monoisotopic (exact) mass is 577 g/mol. The highest BCUT2D eigenvalue weighted by atomic mass is 16.3. The van der Waals surface area contributed by atoms with Gasteiger partial charge in [-0.1, -0.05) is 103 Å². The zero-order chi connectivity index (χ0) is 29.7. The van der Waals surface area contributed by atoms with Gasteiger partial charge in [-0.3, -0.25) is 0 Å². The zero-order valence-corrected chi connectivity index (χ0v) is 24.4. The summed E-state index contributed by atoms with van der Waals surface area (Å²) in [7, 11) is 0. The number of hydrogen-bond donors (Lipinski definition) is 0. The molecule has 0 aliphatic rings. The molecule has 0 radical (unpaired) electrons.